The van der Waals surface area contributed by atoms with E-state index >= 15 is 0 Å². The molecule has 74 valence electrons. The molecule has 0 spiro atoms. The summed E-state index contributed by atoms with van der Waals surface area (Å²) >= 11 is 0. The quantitative estimate of drug-likeness (QED) is 0.671. The molecule has 1 rings (SSSR count). The number of halogens is 3. The van der Waals surface area contributed by atoms with Crippen molar-refractivity contribution in [3.8, 4) is 0 Å². The smallest absolute Gasteiger partial charge is 0.285 e. The molecule has 0 saturated heterocycles. The van der Waals surface area contributed by atoms with E-state index < -0.39 is 12.0 Å². The van der Waals surface area contributed by atoms with Gasteiger partial charge in [0.25, 0.3) is 5.78 Å². The Hall–Kier alpha value is -1.58. The van der Waals surface area contributed by atoms with Crippen LogP contribution in [0.1, 0.15) is 5.56 Å². The molecule has 0 saturated carbocycles. The van der Waals surface area contributed by atoms with Crippen LogP contribution in [0.5, 0.6) is 0 Å². The molecular weight excluding hydrogens is 193 g/mol. The number of alkyl halides is 3. The number of ketones is 1. The molecule has 0 N–H and O–H groups in total. The second kappa shape index (κ2) is 4.09. The van der Waals surface area contributed by atoms with E-state index in [9.17, 15) is 18.0 Å². The second-order valence-corrected chi connectivity index (χ2v) is 2.61. The van der Waals surface area contributed by atoms with Crippen LogP contribution in [0.4, 0.5) is 13.2 Å². The van der Waals surface area contributed by atoms with Crippen molar-refractivity contribution in [3.63, 3.8) is 0 Å². The number of allylic oxidation sites excluding steroid dienone is 1. The Morgan fingerprint density at radius 2 is 1.71 bits per heavy atom. The van der Waals surface area contributed by atoms with Crippen molar-refractivity contribution in [2.24, 2.45) is 0 Å². The molecule has 0 unspecified atom stereocenters. The largest absolute Gasteiger partial charge is 0.454 e. The lowest BCUT2D eigenvalue weighted by molar-refractivity contribution is -0.165. The molecule has 0 aromatic heterocycles. The van der Waals surface area contributed by atoms with Crippen LogP contribution in [0.3, 0.4) is 0 Å². The number of benzene rings is 1. The maximum atomic E-state index is 11.8. The maximum absolute atomic E-state index is 11.8. The fraction of sp³-hybridized carbons (Fsp3) is 0.100. The summed E-state index contributed by atoms with van der Waals surface area (Å²) in [6.45, 7) is 0. The second-order valence-electron chi connectivity index (χ2n) is 2.61. The minimum absolute atomic E-state index is 0.523. The number of carbonyl (C=O) groups excluding carboxylic acids is 1. The average molecular weight is 200 g/mol. The van der Waals surface area contributed by atoms with Gasteiger partial charge in [0.2, 0.25) is 0 Å². The predicted octanol–water partition coefficient (Wildman–Crippen LogP) is 2.83. The van der Waals surface area contributed by atoms with Gasteiger partial charge in [0.1, 0.15) is 0 Å². The summed E-state index contributed by atoms with van der Waals surface area (Å²) in [4.78, 5) is 10.4. The van der Waals surface area contributed by atoms with Gasteiger partial charge in [-0.15, -0.1) is 0 Å². The molecule has 0 atom stereocenters. The molecule has 1 aromatic carbocycles. The molecule has 0 aliphatic carbocycles. The zero-order chi connectivity index (χ0) is 10.6. The van der Waals surface area contributed by atoms with E-state index in [0.29, 0.717) is 11.6 Å². The summed E-state index contributed by atoms with van der Waals surface area (Å²) in [5.41, 5.74) is 0.560. The Bertz CT molecular complexity index is 338. The van der Waals surface area contributed by atoms with Gasteiger partial charge in [-0.1, -0.05) is 36.4 Å². The topological polar surface area (TPSA) is 17.1 Å². The molecule has 0 amide bonds. The highest BCUT2D eigenvalue weighted by Crippen LogP contribution is 2.17. The van der Waals surface area contributed by atoms with Crippen molar-refractivity contribution < 1.29 is 18.0 Å². The molecule has 4 heteroatoms. The van der Waals surface area contributed by atoms with Crippen LogP contribution in [0.2, 0.25) is 0 Å². The van der Waals surface area contributed by atoms with E-state index in [-0.39, 0.29) is 0 Å². The Balaban J connectivity index is 2.71. The lowest BCUT2D eigenvalue weighted by atomic mass is 10.2. The molecule has 0 bridgehead atoms. The van der Waals surface area contributed by atoms with Crippen molar-refractivity contribution in [1.82, 2.24) is 0 Å². The number of carbonyl (C=O) groups is 1. The first kappa shape index (κ1) is 10.5. The van der Waals surface area contributed by atoms with Gasteiger partial charge in [-0.05, 0) is 11.6 Å². The molecular formula is C10H7F3O. The lowest BCUT2D eigenvalue weighted by Crippen LogP contribution is -2.19. The molecule has 0 aliphatic rings. The molecule has 1 nitrogen and oxygen atoms in total. The minimum atomic E-state index is -4.79. The summed E-state index contributed by atoms with van der Waals surface area (Å²) in [5, 5.41) is 0. The van der Waals surface area contributed by atoms with E-state index in [0.717, 1.165) is 6.08 Å². The highest BCUT2D eigenvalue weighted by molar-refractivity contribution is 5.97. The van der Waals surface area contributed by atoms with Crippen molar-refractivity contribution in [1.29, 1.82) is 0 Å². The summed E-state index contributed by atoms with van der Waals surface area (Å²) in [5.74, 6) is -1.85. The van der Waals surface area contributed by atoms with E-state index in [1.54, 1.807) is 30.3 Å². The van der Waals surface area contributed by atoms with Gasteiger partial charge < -0.3 is 0 Å². The van der Waals surface area contributed by atoms with Crippen LogP contribution in [0.25, 0.3) is 6.08 Å². The van der Waals surface area contributed by atoms with Crippen LogP contribution >= 0.6 is 0 Å². The van der Waals surface area contributed by atoms with E-state index in [4.69, 9.17) is 0 Å². The van der Waals surface area contributed by atoms with Crippen molar-refractivity contribution >= 4 is 11.9 Å². The minimum Gasteiger partial charge on any atom is -0.285 e. The van der Waals surface area contributed by atoms with Gasteiger partial charge >= 0.3 is 6.18 Å². The maximum Gasteiger partial charge on any atom is 0.454 e. The summed E-state index contributed by atoms with van der Waals surface area (Å²) < 4.78 is 35.3. The molecule has 0 fully saturated rings. The third kappa shape index (κ3) is 3.05. The molecule has 0 radical (unpaired) electrons. The Morgan fingerprint density at radius 1 is 1.14 bits per heavy atom. The number of rotatable bonds is 2. The summed E-state index contributed by atoms with van der Waals surface area (Å²) in [7, 11) is 0. The normalized spacial score (nSPS) is 11.9. The van der Waals surface area contributed by atoms with Crippen LogP contribution in [0.15, 0.2) is 36.4 Å². The monoisotopic (exact) mass is 200 g/mol. The van der Waals surface area contributed by atoms with Gasteiger partial charge in [0.05, 0.1) is 0 Å². The third-order valence-electron chi connectivity index (χ3n) is 1.51. The van der Waals surface area contributed by atoms with Crippen LogP contribution in [0, 0.1) is 0 Å². The first-order valence-electron chi connectivity index (χ1n) is 3.84. The SMILES string of the molecule is O=C(C=Cc1ccccc1)C(F)(F)F. The Labute approximate surface area is 78.9 Å². The number of hydrogen-bond acceptors (Lipinski definition) is 1. The first-order chi connectivity index (χ1) is 6.50. The Kier molecular flexibility index (Phi) is 3.06. The van der Waals surface area contributed by atoms with Gasteiger partial charge in [-0.25, -0.2) is 0 Å². The fourth-order valence-electron chi connectivity index (χ4n) is 0.831. The van der Waals surface area contributed by atoms with E-state index in [1.165, 1.54) is 0 Å². The standard InChI is InChI=1S/C10H7F3O/c11-10(12,13)9(14)7-6-8-4-2-1-3-5-8/h1-7H. The first-order valence-corrected chi connectivity index (χ1v) is 3.84. The van der Waals surface area contributed by atoms with Crippen LogP contribution in [-0.2, 0) is 4.79 Å². The van der Waals surface area contributed by atoms with E-state index in [1.807, 2.05) is 0 Å². The van der Waals surface area contributed by atoms with Gasteiger partial charge in [0.15, 0.2) is 0 Å². The average Bonchev–Trinajstić information content (AvgIpc) is 2.14. The fourth-order valence-corrected chi connectivity index (χ4v) is 0.831. The van der Waals surface area contributed by atoms with E-state index in [2.05, 4.69) is 0 Å². The molecule has 0 heterocycles. The van der Waals surface area contributed by atoms with Crippen LogP contribution in [-0.4, -0.2) is 12.0 Å². The Morgan fingerprint density at radius 3 is 2.21 bits per heavy atom. The zero-order valence-corrected chi connectivity index (χ0v) is 7.08. The number of hydrogen-bond donors (Lipinski definition) is 0. The van der Waals surface area contributed by atoms with Gasteiger partial charge in [-0.2, -0.15) is 13.2 Å². The zero-order valence-electron chi connectivity index (χ0n) is 7.08. The molecule has 0 aliphatic heterocycles. The van der Waals surface area contributed by atoms with Gasteiger partial charge in [0, 0.05) is 0 Å². The highest BCUT2D eigenvalue weighted by Gasteiger charge is 2.35. The summed E-state index contributed by atoms with van der Waals surface area (Å²) in [6.07, 6.45) is -3.13. The highest BCUT2D eigenvalue weighted by atomic mass is 19.4. The van der Waals surface area contributed by atoms with Gasteiger partial charge in [-0.3, -0.25) is 4.79 Å². The van der Waals surface area contributed by atoms with Crippen molar-refractivity contribution in [2.75, 3.05) is 0 Å². The van der Waals surface area contributed by atoms with Crippen molar-refractivity contribution in [2.45, 2.75) is 6.18 Å². The lowest BCUT2D eigenvalue weighted by Gasteiger charge is -1.98. The van der Waals surface area contributed by atoms with Crippen molar-refractivity contribution in [3.05, 3.63) is 42.0 Å². The molecule has 14 heavy (non-hydrogen) atoms. The third-order valence-corrected chi connectivity index (χ3v) is 1.51. The predicted molar refractivity (Wildman–Crippen MR) is 46.5 cm³/mol. The summed E-state index contributed by atoms with van der Waals surface area (Å²) in [6, 6.07) is 8.32. The van der Waals surface area contributed by atoms with Crippen LogP contribution < -0.4 is 0 Å². The molecule has 1 aromatic rings.